The summed E-state index contributed by atoms with van der Waals surface area (Å²) in [6, 6.07) is 19.2. The molecule has 0 saturated carbocycles. The molecule has 0 aliphatic carbocycles. The smallest absolute Gasteiger partial charge is 0.262 e. The number of rotatable bonds is 5. The third-order valence-electron chi connectivity index (χ3n) is 4.66. The van der Waals surface area contributed by atoms with Crippen molar-refractivity contribution >= 4 is 22.7 Å². The van der Waals surface area contributed by atoms with E-state index in [1.165, 1.54) is 0 Å². The Labute approximate surface area is 169 Å². The van der Waals surface area contributed by atoms with Gasteiger partial charge >= 0.3 is 0 Å². The minimum atomic E-state index is -0.212. The van der Waals surface area contributed by atoms with Gasteiger partial charge in [0.2, 0.25) is 5.89 Å². The van der Waals surface area contributed by atoms with E-state index < -0.39 is 0 Å². The molecule has 1 amide bonds. The first-order chi connectivity index (χ1) is 14.0. The van der Waals surface area contributed by atoms with Gasteiger partial charge in [-0.3, -0.25) is 4.79 Å². The van der Waals surface area contributed by atoms with E-state index in [0.717, 1.165) is 39.1 Å². The minimum absolute atomic E-state index is 0.0451. The summed E-state index contributed by atoms with van der Waals surface area (Å²) in [6.07, 6.45) is 0. The van der Waals surface area contributed by atoms with Crippen LogP contribution in [0.25, 0.3) is 22.6 Å². The fraction of sp³-hybridized carbons (Fsp3) is 0.167. The fourth-order valence-corrected chi connectivity index (χ4v) is 3.06. The molecule has 4 rings (SSSR count). The van der Waals surface area contributed by atoms with Gasteiger partial charge in [-0.1, -0.05) is 18.2 Å². The molecule has 29 heavy (non-hydrogen) atoms. The molecule has 0 unspecified atom stereocenters. The zero-order valence-corrected chi connectivity index (χ0v) is 16.7. The fourth-order valence-electron chi connectivity index (χ4n) is 3.06. The quantitative estimate of drug-likeness (QED) is 0.496. The lowest BCUT2D eigenvalue weighted by Gasteiger charge is -2.10. The van der Waals surface area contributed by atoms with E-state index in [4.69, 9.17) is 9.15 Å². The van der Waals surface area contributed by atoms with Crippen molar-refractivity contribution in [3.63, 3.8) is 0 Å². The van der Waals surface area contributed by atoms with Crippen molar-refractivity contribution in [1.82, 2.24) is 4.98 Å². The van der Waals surface area contributed by atoms with Crippen LogP contribution in [0.3, 0.4) is 0 Å². The maximum absolute atomic E-state index is 12.2. The summed E-state index contributed by atoms with van der Waals surface area (Å²) in [6.45, 7) is 5.93. The highest BCUT2D eigenvalue weighted by Crippen LogP contribution is 2.26. The Morgan fingerprint density at radius 2 is 1.69 bits per heavy atom. The first-order valence-corrected chi connectivity index (χ1v) is 9.45. The van der Waals surface area contributed by atoms with Crippen LogP contribution >= 0.6 is 0 Å². The van der Waals surface area contributed by atoms with Crippen molar-refractivity contribution in [2.45, 2.75) is 20.8 Å². The van der Waals surface area contributed by atoms with Gasteiger partial charge in [-0.15, -0.1) is 0 Å². The Kier molecular flexibility index (Phi) is 5.04. The number of nitrogens with zero attached hydrogens (tertiary/aromatic N) is 1. The molecule has 0 atom stereocenters. The van der Waals surface area contributed by atoms with Crippen LogP contribution < -0.4 is 10.1 Å². The third kappa shape index (κ3) is 4.29. The maximum Gasteiger partial charge on any atom is 0.262 e. The number of aromatic nitrogens is 1. The van der Waals surface area contributed by atoms with Crippen LogP contribution in [-0.2, 0) is 4.79 Å². The van der Waals surface area contributed by atoms with Crippen molar-refractivity contribution in [3.8, 4) is 17.2 Å². The summed E-state index contributed by atoms with van der Waals surface area (Å²) in [4.78, 5) is 16.8. The highest BCUT2D eigenvalue weighted by Gasteiger charge is 2.10. The maximum atomic E-state index is 12.2. The summed E-state index contributed by atoms with van der Waals surface area (Å²) in [5.74, 6) is 1.07. The van der Waals surface area contributed by atoms with Gasteiger partial charge in [0.15, 0.2) is 12.2 Å². The largest absolute Gasteiger partial charge is 0.483 e. The molecule has 0 spiro atoms. The lowest BCUT2D eigenvalue weighted by Crippen LogP contribution is -2.20. The molecule has 0 bridgehead atoms. The number of oxazole rings is 1. The van der Waals surface area contributed by atoms with Gasteiger partial charge in [0.1, 0.15) is 11.3 Å². The van der Waals surface area contributed by atoms with E-state index in [2.05, 4.69) is 10.3 Å². The van der Waals surface area contributed by atoms with Crippen LogP contribution in [0.4, 0.5) is 5.69 Å². The van der Waals surface area contributed by atoms with E-state index >= 15 is 0 Å². The lowest BCUT2D eigenvalue weighted by atomic mass is 10.1. The summed E-state index contributed by atoms with van der Waals surface area (Å²) in [5.41, 5.74) is 6.36. The first kappa shape index (κ1) is 18.7. The molecule has 5 nitrogen and oxygen atoms in total. The van der Waals surface area contributed by atoms with Gasteiger partial charge in [-0.2, -0.15) is 0 Å². The molecule has 146 valence electrons. The van der Waals surface area contributed by atoms with Crippen LogP contribution in [0, 0.1) is 20.8 Å². The summed E-state index contributed by atoms with van der Waals surface area (Å²) >= 11 is 0. The zero-order valence-electron chi connectivity index (χ0n) is 16.7. The molecule has 0 aliphatic rings. The molecule has 3 aromatic carbocycles. The number of benzene rings is 3. The first-order valence-electron chi connectivity index (χ1n) is 9.45. The average molecular weight is 386 g/mol. The van der Waals surface area contributed by atoms with Gasteiger partial charge in [0, 0.05) is 11.3 Å². The van der Waals surface area contributed by atoms with Crippen LogP contribution in [0.15, 0.2) is 65.1 Å². The average Bonchev–Trinajstić information content (AvgIpc) is 3.12. The molecule has 0 fully saturated rings. The highest BCUT2D eigenvalue weighted by molar-refractivity contribution is 5.92. The zero-order chi connectivity index (χ0) is 20.4. The highest BCUT2D eigenvalue weighted by atomic mass is 16.5. The van der Waals surface area contributed by atoms with E-state index in [1.54, 1.807) is 0 Å². The molecule has 1 heterocycles. The number of nitrogens with one attached hydrogen (secondary N) is 1. The topological polar surface area (TPSA) is 64.4 Å². The normalized spacial score (nSPS) is 10.9. The summed E-state index contributed by atoms with van der Waals surface area (Å²) in [7, 11) is 0. The molecule has 4 aromatic rings. The number of aryl methyl sites for hydroxylation is 3. The van der Waals surface area contributed by atoms with Crippen molar-refractivity contribution in [3.05, 3.63) is 77.4 Å². The standard InChI is InChI=1S/C24H22N2O3/c1-15-5-11-21-20(12-15)26-24(29-21)18-7-9-19(10-8-18)25-23(27)14-28-22-13-16(2)4-6-17(22)3/h4-13H,14H2,1-3H3,(H,25,27). The van der Waals surface area contributed by atoms with Crippen molar-refractivity contribution in [1.29, 1.82) is 0 Å². The second kappa shape index (κ2) is 7.80. The Morgan fingerprint density at radius 3 is 2.48 bits per heavy atom. The van der Waals surface area contributed by atoms with Gasteiger partial charge in [-0.05, 0) is 79.9 Å². The van der Waals surface area contributed by atoms with Crippen LogP contribution in [0.5, 0.6) is 5.75 Å². The SMILES string of the molecule is Cc1ccc(C)c(OCC(=O)Nc2ccc(-c3nc4cc(C)ccc4o3)cc2)c1. The number of amides is 1. The second-order valence-electron chi connectivity index (χ2n) is 7.17. The van der Waals surface area contributed by atoms with E-state index in [0.29, 0.717) is 11.6 Å². The molecule has 1 N–H and O–H groups in total. The molecular formula is C24H22N2O3. The molecule has 1 aromatic heterocycles. The van der Waals surface area contributed by atoms with E-state index in [1.807, 2.05) is 81.4 Å². The summed E-state index contributed by atoms with van der Waals surface area (Å²) < 4.78 is 11.5. The minimum Gasteiger partial charge on any atom is -0.483 e. The predicted octanol–water partition coefficient (Wildman–Crippen LogP) is 5.44. The van der Waals surface area contributed by atoms with Crippen molar-refractivity contribution in [2.24, 2.45) is 0 Å². The van der Waals surface area contributed by atoms with E-state index in [9.17, 15) is 4.79 Å². The number of hydrogen-bond donors (Lipinski definition) is 1. The Bertz CT molecular complexity index is 1180. The third-order valence-corrected chi connectivity index (χ3v) is 4.66. The number of hydrogen-bond acceptors (Lipinski definition) is 4. The monoisotopic (exact) mass is 386 g/mol. The number of ether oxygens (including phenoxy) is 1. The van der Waals surface area contributed by atoms with Crippen molar-refractivity contribution in [2.75, 3.05) is 11.9 Å². The van der Waals surface area contributed by atoms with Gasteiger partial charge in [0.25, 0.3) is 5.91 Å². The van der Waals surface area contributed by atoms with Gasteiger partial charge < -0.3 is 14.5 Å². The molecule has 5 heteroatoms. The molecule has 0 radical (unpaired) electrons. The molecule has 0 saturated heterocycles. The van der Waals surface area contributed by atoms with Gasteiger partial charge in [0.05, 0.1) is 0 Å². The summed E-state index contributed by atoms with van der Waals surface area (Å²) in [5, 5.41) is 2.84. The van der Waals surface area contributed by atoms with Crippen molar-refractivity contribution < 1.29 is 13.9 Å². The number of carbonyl (C=O) groups is 1. The number of carbonyl (C=O) groups excluding carboxylic acids is 1. The van der Waals surface area contributed by atoms with Crippen LogP contribution in [0.2, 0.25) is 0 Å². The second-order valence-corrected chi connectivity index (χ2v) is 7.17. The number of anilines is 1. The number of fused-ring (bicyclic) bond motifs is 1. The molecule has 0 aliphatic heterocycles. The van der Waals surface area contributed by atoms with Crippen LogP contribution in [0.1, 0.15) is 16.7 Å². The van der Waals surface area contributed by atoms with E-state index in [-0.39, 0.29) is 12.5 Å². The van der Waals surface area contributed by atoms with Gasteiger partial charge in [-0.25, -0.2) is 4.98 Å². The predicted molar refractivity (Wildman–Crippen MR) is 114 cm³/mol. The lowest BCUT2D eigenvalue weighted by molar-refractivity contribution is -0.118. The molecular weight excluding hydrogens is 364 g/mol. The Balaban J connectivity index is 1.40. The Morgan fingerprint density at radius 1 is 0.966 bits per heavy atom. The van der Waals surface area contributed by atoms with Crippen LogP contribution in [-0.4, -0.2) is 17.5 Å². The Hall–Kier alpha value is -3.60.